The van der Waals surface area contributed by atoms with Crippen LogP contribution in [0.15, 0.2) is 10.5 Å². The third kappa shape index (κ3) is 2.25. The number of nitrogens with two attached hydrogens (primary N) is 1. The number of hydrogen-bond donors (Lipinski definition) is 1. The summed E-state index contributed by atoms with van der Waals surface area (Å²) in [5.41, 5.74) is 7.90. The van der Waals surface area contributed by atoms with Crippen molar-refractivity contribution in [2.24, 2.45) is 0 Å². The van der Waals surface area contributed by atoms with Gasteiger partial charge in [-0.2, -0.15) is 9.78 Å². The summed E-state index contributed by atoms with van der Waals surface area (Å²) in [4.78, 5) is 8.62. The van der Waals surface area contributed by atoms with E-state index in [0.29, 0.717) is 23.4 Å². The van der Waals surface area contributed by atoms with Crippen molar-refractivity contribution in [1.29, 1.82) is 0 Å². The summed E-state index contributed by atoms with van der Waals surface area (Å²) in [6.07, 6.45) is 0. The molecule has 96 valence electrons. The molecular weight excluding hydrogens is 294 g/mol. The molecule has 0 aliphatic heterocycles. The van der Waals surface area contributed by atoms with Gasteiger partial charge in [-0.25, -0.2) is 9.97 Å². The third-order valence-electron chi connectivity index (χ3n) is 2.60. The molecule has 2 heterocycles. The molecule has 0 unspecified atom stereocenters. The highest BCUT2D eigenvalue weighted by molar-refractivity contribution is 9.10. The minimum absolute atomic E-state index is 0.298. The van der Waals surface area contributed by atoms with Crippen LogP contribution in [0, 0.1) is 13.8 Å². The molecule has 0 bridgehead atoms. The number of anilines is 1. The van der Waals surface area contributed by atoms with Gasteiger partial charge in [0.05, 0.1) is 10.2 Å². The first kappa shape index (κ1) is 13.0. The Kier molecular flexibility index (Phi) is 3.38. The van der Waals surface area contributed by atoms with Crippen LogP contribution in [-0.2, 0) is 0 Å². The molecule has 2 rings (SSSR count). The SMILES string of the molecule is Cc1cc(-n2nc(C(C)C)c(Br)c2N)nc(C)n1. The van der Waals surface area contributed by atoms with E-state index in [0.717, 1.165) is 15.9 Å². The summed E-state index contributed by atoms with van der Waals surface area (Å²) in [6, 6.07) is 1.87. The highest BCUT2D eigenvalue weighted by Crippen LogP contribution is 2.30. The van der Waals surface area contributed by atoms with Crippen LogP contribution in [0.4, 0.5) is 5.82 Å². The first-order valence-electron chi connectivity index (χ1n) is 5.76. The quantitative estimate of drug-likeness (QED) is 0.926. The minimum Gasteiger partial charge on any atom is -0.383 e. The van der Waals surface area contributed by atoms with Gasteiger partial charge in [0.15, 0.2) is 5.82 Å². The van der Waals surface area contributed by atoms with E-state index < -0.39 is 0 Å². The zero-order valence-electron chi connectivity index (χ0n) is 10.9. The molecule has 18 heavy (non-hydrogen) atoms. The van der Waals surface area contributed by atoms with Crippen LogP contribution in [-0.4, -0.2) is 19.7 Å². The summed E-state index contributed by atoms with van der Waals surface area (Å²) in [5.74, 6) is 2.27. The summed E-state index contributed by atoms with van der Waals surface area (Å²) in [7, 11) is 0. The Balaban J connectivity index is 2.60. The molecule has 0 saturated heterocycles. The zero-order valence-corrected chi connectivity index (χ0v) is 12.5. The highest BCUT2D eigenvalue weighted by Gasteiger charge is 2.17. The van der Waals surface area contributed by atoms with E-state index >= 15 is 0 Å². The second-order valence-electron chi connectivity index (χ2n) is 4.57. The lowest BCUT2D eigenvalue weighted by molar-refractivity contribution is 0.753. The van der Waals surface area contributed by atoms with Crippen LogP contribution in [0.1, 0.15) is 37.0 Å². The average molecular weight is 310 g/mol. The normalized spacial score (nSPS) is 11.2. The molecule has 6 heteroatoms. The minimum atomic E-state index is 0.298. The third-order valence-corrected chi connectivity index (χ3v) is 3.41. The maximum atomic E-state index is 6.07. The van der Waals surface area contributed by atoms with Crippen molar-refractivity contribution in [3.8, 4) is 5.82 Å². The molecule has 0 amide bonds. The van der Waals surface area contributed by atoms with Gasteiger partial charge in [0.2, 0.25) is 0 Å². The van der Waals surface area contributed by atoms with Gasteiger partial charge < -0.3 is 5.73 Å². The van der Waals surface area contributed by atoms with Crippen molar-refractivity contribution in [3.05, 3.63) is 27.8 Å². The van der Waals surface area contributed by atoms with Gasteiger partial charge in [-0.3, -0.25) is 0 Å². The lowest BCUT2D eigenvalue weighted by Gasteiger charge is -2.05. The molecule has 0 saturated carbocycles. The van der Waals surface area contributed by atoms with Crippen molar-refractivity contribution in [3.63, 3.8) is 0 Å². The van der Waals surface area contributed by atoms with E-state index in [1.54, 1.807) is 4.68 Å². The average Bonchev–Trinajstić information content (AvgIpc) is 2.55. The second-order valence-corrected chi connectivity index (χ2v) is 5.36. The fourth-order valence-corrected chi connectivity index (χ4v) is 2.48. The summed E-state index contributed by atoms with van der Waals surface area (Å²) in [5, 5.41) is 4.52. The molecule has 0 fully saturated rings. The van der Waals surface area contributed by atoms with E-state index in [1.807, 2.05) is 19.9 Å². The molecule has 0 aliphatic rings. The molecule has 0 spiro atoms. The van der Waals surface area contributed by atoms with E-state index in [1.165, 1.54) is 0 Å². The van der Waals surface area contributed by atoms with Gasteiger partial charge in [-0.15, -0.1) is 0 Å². The van der Waals surface area contributed by atoms with Crippen molar-refractivity contribution in [1.82, 2.24) is 19.7 Å². The maximum Gasteiger partial charge on any atom is 0.159 e. The van der Waals surface area contributed by atoms with E-state index in [-0.39, 0.29) is 0 Å². The molecule has 0 atom stereocenters. The van der Waals surface area contributed by atoms with Gasteiger partial charge in [-0.1, -0.05) is 13.8 Å². The van der Waals surface area contributed by atoms with Crippen LogP contribution in [0.3, 0.4) is 0 Å². The summed E-state index contributed by atoms with van der Waals surface area (Å²) >= 11 is 3.48. The van der Waals surface area contributed by atoms with Gasteiger partial charge >= 0.3 is 0 Å². The molecule has 0 aromatic carbocycles. The number of halogens is 1. The molecule has 2 N–H and O–H groups in total. The van der Waals surface area contributed by atoms with Crippen molar-refractivity contribution < 1.29 is 0 Å². The smallest absolute Gasteiger partial charge is 0.159 e. The summed E-state index contributed by atoms with van der Waals surface area (Å²) in [6.45, 7) is 7.94. The van der Waals surface area contributed by atoms with Crippen LogP contribution < -0.4 is 5.73 Å². The lowest BCUT2D eigenvalue weighted by atomic mass is 10.1. The maximum absolute atomic E-state index is 6.07. The predicted octanol–water partition coefficient (Wildman–Crippen LogP) is 2.75. The van der Waals surface area contributed by atoms with Crippen LogP contribution >= 0.6 is 15.9 Å². The molecule has 0 radical (unpaired) electrons. The molecule has 5 nitrogen and oxygen atoms in total. The van der Waals surface area contributed by atoms with Crippen LogP contribution in [0.25, 0.3) is 5.82 Å². The Morgan fingerprint density at radius 2 is 1.94 bits per heavy atom. The number of nitrogen functional groups attached to an aromatic ring is 1. The second kappa shape index (κ2) is 4.68. The Hall–Kier alpha value is -1.43. The Bertz CT molecular complexity index is 568. The van der Waals surface area contributed by atoms with Crippen LogP contribution in [0.5, 0.6) is 0 Å². The monoisotopic (exact) mass is 309 g/mol. The van der Waals surface area contributed by atoms with Crippen molar-refractivity contribution in [2.75, 3.05) is 5.73 Å². The zero-order chi connectivity index (χ0) is 13.4. The topological polar surface area (TPSA) is 69.6 Å². The number of aryl methyl sites for hydroxylation is 2. The first-order valence-corrected chi connectivity index (χ1v) is 6.56. The molecular formula is C12H16BrN5. The van der Waals surface area contributed by atoms with E-state index in [9.17, 15) is 0 Å². The highest BCUT2D eigenvalue weighted by atomic mass is 79.9. The fraction of sp³-hybridized carbons (Fsp3) is 0.417. The van der Waals surface area contributed by atoms with Gasteiger partial charge in [0.25, 0.3) is 0 Å². The number of aromatic nitrogens is 4. The lowest BCUT2D eigenvalue weighted by Crippen LogP contribution is -2.07. The van der Waals surface area contributed by atoms with Crippen LogP contribution in [0.2, 0.25) is 0 Å². The Labute approximate surface area is 115 Å². The molecule has 0 aliphatic carbocycles. The largest absolute Gasteiger partial charge is 0.383 e. The fourth-order valence-electron chi connectivity index (χ4n) is 1.78. The number of rotatable bonds is 2. The number of hydrogen-bond acceptors (Lipinski definition) is 4. The Morgan fingerprint density at radius 1 is 1.28 bits per heavy atom. The molecule has 2 aromatic rings. The Morgan fingerprint density at radius 3 is 2.44 bits per heavy atom. The first-order chi connectivity index (χ1) is 8.40. The van der Waals surface area contributed by atoms with Crippen molar-refractivity contribution in [2.45, 2.75) is 33.6 Å². The van der Waals surface area contributed by atoms with E-state index in [4.69, 9.17) is 5.73 Å². The van der Waals surface area contributed by atoms with Gasteiger partial charge in [0, 0.05) is 11.8 Å². The summed E-state index contributed by atoms with van der Waals surface area (Å²) < 4.78 is 2.49. The molecule has 2 aromatic heterocycles. The standard InChI is InChI=1S/C12H16BrN5/c1-6(2)11-10(13)12(14)18(17-11)9-5-7(3)15-8(4)16-9/h5-6H,14H2,1-4H3. The van der Waals surface area contributed by atoms with E-state index in [2.05, 4.69) is 44.8 Å². The number of nitrogens with zero attached hydrogens (tertiary/aromatic N) is 4. The van der Waals surface area contributed by atoms with Gasteiger partial charge in [0.1, 0.15) is 11.6 Å². The van der Waals surface area contributed by atoms with Crippen molar-refractivity contribution >= 4 is 21.7 Å². The predicted molar refractivity (Wildman–Crippen MR) is 74.8 cm³/mol. The van der Waals surface area contributed by atoms with Gasteiger partial charge in [-0.05, 0) is 35.7 Å².